The number of hydrogen-bond donors (Lipinski definition) is 1. The molecule has 2 heterocycles. The average Bonchev–Trinajstić information content (AvgIpc) is 2.64. The fourth-order valence-electron chi connectivity index (χ4n) is 1.34. The predicted octanol–water partition coefficient (Wildman–Crippen LogP) is 2.47. The van der Waals surface area contributed by atoms with Crippen LogP contribution < -0.4 is 5.32 Å². The predicted molar refractivity (Wildman–Crippen MR) is 63.3 cm³/mol. The Balaban J connectivity index is 2.53. The van der Waals surface area contributed by atoms with Crippen molar-refractivity contribution in [1.82, 2.24) is 15.0 Å². The number of anilines is 1. The van der Waals surface area contributed by atoms with Crippen molar-refractivity contribution in [3.8, 4) is 0 Å². The van der Waals surface area contributed by atoms with E-state index in [9.17, 15) is 0 Å². The van der Waals surface area contributed by atoms with Gasteiger partial charge in [-0.1, -0.05) is 6.92 Å². The molecule has 0 aliphatic carbocycles. The Labute approximate surface area is 92.8 Å². The van der Waals surface area contributed by atoms with Crippen LogP contribution in [0.5, 0.6) is 0 Å². The zero-order valence-electron chi connectivity index (χ0n) is 9.11. The lowest BCUT2D eigenvalue weighted by atomic mass is 10.3. The molecule has 0 unspecified atom stereocenters. The summed E-state index contributed by atoms with van der Waals surface area (Å²) in [4.78, 5) is 13.1. The topological polar surface area (TPSA) is 50.7 Å². The quantitative estimate of drug-likeness (QED) is 0.866. The first-order chi connectivity index (χ1) is 7.20. The van der Waals surface area contributed by atoms with Crippen molar-refractivity contribution in [1.29, 1.82) is 0 Å². The van der Waals surface area contributed by atoms with E-state index in [0.29, 0.717) is 6.04 Å². The van der Waals surface area contributed by atoms with Crippen molar-refractivity contribution in [2.24, 2.45) is 0 Å². The van der Waals surface area contributed by atoms with Gasteiger partial charge < -0.3 is 5.32 Å². The minimum absolute atomic E-state index is 0.370. The summed E-state index contributed by atoms with van der Waals surface area (Å²) in [6.45, 7) is 6.24. The van der Waals surface area contributed by atoms with E-state index in [1.807, 2.05) is 12.4 Å². The molecule has 2 rings (SSSR count). The van der Waals surface area contributed by atoms with Crippen molar-refractivity contribution in [2.75, 3.05) is 5.32 Å². The minimum Gasteiger partial charge on any atom is -0.367 e. The van der Waals surface area contributed by atoms with E-state index in [1.54, 1.807) is 11.3 Å². The van der Waals surface area contributed by atoms with Crippen LogP contribution in [0.15, 0.2) is 5.51 Å². The number of rotatable bonds is 3. The molecule has 4 nitrogen and oxygen atoms in total. The van der Waals surface area contributed by atoms with Gasteiger partial charge >= 0.3 is 0 Å². The molecule has 2 aromatic rings. The number of aromatic nitrogens is 3. The van der Waals surface area contributed by atoms with Crippen molar-refractivity contribution in [2.45, 2.75) is 33.2 Å². The summed E-state index contributed by atoms with van der Waals surface area (Å²) in [5, 5.41) is 3.33. The van der Waals surface area contributed by atoms with Gasteiger partial charge in [-0.2, -0.15) is 0 Å². The Morgan fingerprint density at radius 2 is 2.20 bits per heavy atom. The molecule has 0 saturated heterocycles. The van der Waals surface area contributed by atoms with Crippen molar-refractivity contribution in [3.05, 3.63) is 11.3 Å². The normalized spacial score (nSPS) is 11.2. The Bertz CT molecular complexity index is 463. The van der Waals surface area contributed by atoms with Crippen LogP contribution in [0, 0.1) is 0 Å². The third-order valence-electron chi connectivity index (χ3n) is 1.98. The van der Waals surface area contributed by atoms with Crippen LogP contribution in [0.25, 0.3) is 10.3 Å². The van der Waals surface area contributed by atoms with Crippen LogP contribution in [-0.4, -0.2) is 21.0 Å². The number of thiazole rings is 1. The van der Waals surface area contributed by atoms with Gasteiger partial charge in [0, 0.05) is 12.5 Å². The summed E-state index contributed by atoms with van der Waals surface area (Å²) in [7, 11) is 0. The summed E-state index contributed by atoms with van der Waals surface area (Å²) in [6, 6.07) is 0.370. The highest BCUT2D eigenvalue weighted by atomic mass is 32.1. The summed E-state index contributed by atoms with van der Waals surface area (Å²) >= 11 is 1.58. The van der Waals surface area contributed by atoms with Crippen LogP contribution in [0.2, 0.25) is 0 Å². The molecule has 5 heteroatoms. The molecule has 0 atom stereocenters. The highest BCUT2D eigenvalue weighted by Crippen LogP contribution is 2.24. The van der Waals surface area contributed by atoms with E-state index >= 15 is 0 Å². The fourth-order valence-corrected chi connectivity index (χ4v) is 2.02. The second-order valence-corrected chi connectivity index (χ2v) is 4.50. The van der Waals surface area contributed by atoms with Gasteiger partial charge in [0.25, 0.3) is 0 Å². The molecule has 0 spiro atoms. The first-order valence-electron chi connectivity index (χ1n) is 5.07. The highest BCUT2D eigenvalue weighted by molar-refractivity contribution is 7.17. The Morgan fingerprint density at radius 1 is 1.40 bits per heavy atom. The van der Waals surface area contributed by atoms with Gasteiger partial charge in [0.05, 0.1) is 5.51 Å². The molecule has 0 aliphatic heterocycles. The number of hydrogen-bond acceptors (Lipinski definition) is 5. The third-order valence-corrected chi connectivity index (χ3v) is 2.80. The third kappa shape index (κ3) is 2.07. The molecular weight excluding hydrogens is 208 g/mol. The molecule has 80 valence electrons. The Morgan fingerprint density at radius 3 is 2.87 bits per heavy atom. The maximum Gasteiger partial charge on any atom is 0.175 e. The van der Waals surface area contributed by atoms with E-state index < -0.39 is 0 Å². The molecule has 0 amide bonds. The molecule has 0 aliphatic rings. The van der Waals surface area contributed by atoms with Gasteiger partial charge in [-0.15, -0.1) is 11.3 Å². The van der Waals surface area contributed by atoms with E-state index in [1.165, 1.54) is 0 Å². The lowest BCUT2D eigenvalue weighted by Crippen LogP contribution is -2.12. The van der Waals surface area contributed by atoms with Crippen LogP contribution in [-0.2, 0) is 6.42 Å². The maximum absolute atomic E-state index is 4.48. The second-order valence-electron chi connectivity index (χ2n) is 3.65. The van der Waals surface area contributed by atoms with Gasteiger partial charge in [-0.05, 0) is 13.8 Å². The van der Waals surface area contributed by atoms with E-state index in [4.69, 9.17) is 0 Å². The van der Waals surface area contributed by atoms with E-state index in [2.05, 4.69) is 34.1 Å². The monoisotopic (exact) mass is 222 g/mol. The van der Waals surface area contributed by atoms with Gasteiger partial charge in [0.1, 0.15) is 16.3 Å². The van der Waals surface area contributed by atoms with Crippen LogP contribution in [0.1, 0.15) is 26.6 Å². The lowest BCUT2D eigenvalue weighted by Gasteiger charge is -2.10. The minimum atomic E-state index is 0.370. The zero-order valence-corrected chi connectivity index (χ0v) is 9.93. The smallest absolute Gasteiger partial charge is 0.175 e. The lowest BCUT2D eigenvalue weighted by molar-refractivity contribution is 0.877. The van der Waals surface area contributed by atoms with Crippen molar-refractivity contribution < 1.29 is 0 Å². The number of nitrogens with one attached hydrogen (secondary N) is 1. The summed E-state index contributed by atoms with van der Waals surface area (Å²) in [5.74, 6) is 1.76. The molecule has 1 N–H and O–H groups in total. The second kappa shape index (κ2) is 4.10. The number of aryl methyl sites for hydroxylation is 1. The Hall–Kier alpha value is -1.23. The molecule has 2 aromatic heterocycles. The van der Waals surface area contributed by atoms with Crippen LogP contribution in [0.4, 0.5) is 5.82 Å². The summed E-state index contributed by atoms with van der Waals surface area (Å²) in [6.07, 6.45) is 0.834. The fraction of sp³-hybridized carbons (Fsp3) is 0.500. The average molecular weight is 222 g/mol. The SMILES string of the molecule is CCc1nc(NC(C)C)c2scnc2n1. The molecule has 0 radical (unpaired) electrons. The molecule has 0 saturated carbocycles. The van der Waals surface area contributed by atoms with Gasteiger partial charge in [-0.3, -0.25) is 0 Å². The summed E-state index contributed by atoms with van der Waals surface area (Å²) in [5.41, 5.74) is 2.61. The molecular formula is C10H14N4S. The standard InChI is InChI=1S/C10H14N4S/c1-4-7-13-9-8(15-5-11-9)10(14-7)12-6(2)3/h5-6H,4H2,1-3H3,(H,12,13,14). The molecule has 0 aromatic carbocycles. The van der Waals surface area contributed by atoms with E-state index in [0.717, 1.165) is 28.4 Å². The molecule has 0 bridgehead atoms. The highest BCUT2D eigenvalue weighted by Gasteiger charge is 2.09. The summed E-state index contributed by atoms with van der Waals surface area (Å²) < 4.78 is 1.04. The first-order valence-corrected chi connectivity index (χ1v) is 5.95. The molecule has 15 heavy (non-hydrogen) atoms. The van der Waals surface area contributed by atoms with Crippen LogP contribution in [0.3, 0.4) is 0 Å². The van der Waals surface area contributed by atoms with E-state index in [-0.39, 0.29) is 0 Å². The van der Waals surface area contributed by atoms with Gasteiger partial charge in [0.15, 0.2) is 5.65 Å². The molecule has 0 fully saturated rings. The van der Waals surface area contributed by atoms with Gasteiger partial charge in [-0.25, -0.2) is 15.0 Å². The first kappa shape index (κ1) is 10.3. The number of fused-ring (bicyclic) bond motifs is 1. The zero-order chi connectivity index (χ0) is 10.8. The number of nitrogens with zero attached hydrogens (tertiary/aromatic N) is 3. The van der Waals surface area contributed by atoms with Crippen molar-refractivity contribution >= 4 is 27.5 Å². The van der Waals surface area contributed by atoms with Gasteiger partial charge in [0.2, 0.25) is 0 Å². The Kier molecular flexibility index (Phi) is 2.81. The van der Waals surface area contributed by atoms with Crippen molar-refractivity contribution in [3.63, 3.8) is 0 Å². The maximum atomic E-state index is 4.48. The van der Waals surface area contributed by atoms with Crippen LogP contribution >= 0.6 is 11.3 Å². The largest absolute Gasteiger partial charge is 0.367 e.